The van der Waals surface area contributed by atoms with Crippen LogP contribution in [0.25, 0.3) is 0 Å². The quantitative estimate of drug-likeness (QED) is 0.867. The predicted octanol–water partition coefficient (Wildman–Crippen LogP) is 3.90. The van der Waals surface area contributed by atoms with Gasteiger partial charge < -0.3 is 10.1 Å². The summed E-state index contributed by atoms with van der Waals surface area (Å²) in [5, 5.41) is 3.00. The van der Waals surface area contributed by atoms with Crippen LogP contribution in [0.5, 0.6) is 5.75 Å². The first kappa shape index (κ1) is 14.1. The van der Waals surface area contributed by atoms with Crippen molar-refractivity contribution in [2.75, 3.05) is 4.90 Å². The number of para-hydroxylation sites is 1. The van der Waals surface area contributed by atoms with Gasteiger partial charge in [0, 0.05) is 12.0 Å². The number of nitrogens with zero attached hydrogens (tertiary/aromatic N) is 1. The van der Waals surface area contributed by atoms with Crippen molar-refractivity contribution in [2.24, 2.45) is 0 Å². The normalized spacial score (nSPS) is 25.4. The van der Waals surface area contributed by atoms with Crippen molar-refractivity contribution in [3.05, 3.63) is 59.4 Å². The zero-order chi connectivity index (χ0) is 16.2. The van der Waals surface area contributed by atoms with E-state index < -0.39 is 5.72 Å². The van der Waals surface area contributed by atoms with E-state index in [2.05, 4.69) is 5.32 Å². The Balaban J connectivity index is 1.81. The van der Waals surface area contributed by atoms with Gasteiger partial charge in [-0.15, -0.1) is 0 Å². The molecule has 2 amide bonds. The number of halogens is 1. The molecular formula is C18H17FN2O2. The number of hydrogen-bond acceptors (Lipinski definition) is 2. The Morgan fingerprint density at radius 3 is 2.87 bits per heavy atom. The predicted molar refractivity (Wildman–Crippen MR) is 85.0 cm³/mol. The first-order valence-electron chi connectivity index (χ1n) is 7.63. The Hall–Kier alpha value is -2.56. The van der Waals surface area contributed by atoms with Gasteiger partial charge in [0.05, 0.1) is 11.7 Å². The summed E-state index contributed by atoms with van der Waals surface area (Å²) in [6, 6.07) is 12.1. The maximum atomic E-state index is 13.9. The lowest BCUT2D eigenvalue weighted by molar-refractivity contribution is 0.0378. The Kier molecular flexibility index (Phi) is 2.88. The summed E-state index contributed by atoms with van der Waals surface area (Å²) in [6.45, 7) is 3.56. The second-order valence-electron chi connectivity index (χ2n) is 6.29. The minimum Gasteiger partial charge on any atom is -0.467 e. The van der Waals surface area contributed by atoms with Crippen molar-refractivity contribution < 1.29 is 13.9 Å². The summed E-state index contributed by atoms with van der Waals surface area (Å²) in [5.41, 5.74) is 1.17. The molecule has 2 aromatic carbocycles. The molecule has 2 aliphatic rings. The highest BCUT2D eigenvalue weighted by atomic mass is 19.1. The lowest BCUT2D eigenvalue weighted by atomic mass is 9.90. The molecule has 4 nitrogen and oxygen atoms in total. The van der Waals surface area contributed by atoms with E-state index in [1.54, 1.807) is 19.1 Å². The third kappa shape index (κ3) is 2.07. The molecule has 0 aliphatic carbocycles. The van der Waals surface area contributed by atoms with E-state index in [-0.39, 0.29) is 17.9 Å². The average molecular weight is 312 g/mol. The van der Waals surface area contributed by atoms with Crippen LogP contribution in [0, 0.1) is 12.7 Å². The smallest absolute Gasteiger partial charge is 0.325 e. The third-order valence-corrected chi connectivity index (χ3v) is 4.59. The number of fused-ring (bicyclic) bond motifs is 4. The molecule has 2 aromatic rings. The van der Waals surface area contributed by atoms with Crippen LogP contribution in [0.2, 0.25) is 0 Å². The maximum Gasteiger partial charge on any atom is 0.325 e. The summed E-state index contributed by atoms with van der Waals surface area (Å²) < 4.78 is 20.1. The van der Waals surface area contributed by atoms with Gasteiger partial charge in [-0.25, -0.2) is 9.18 Å². The molecule has 2 bridgehead atoms. The van der Waals surface area contributed by atoms with E-state index in [4.69, 9.17) is 4.74 Å². The molecule has 5 heteroatoms. The molecule has 118 valence electrons. The second kappa shape index (κ2) is 4.72. The summed E-state index contributed by atoms with van der Waals surface area (Å²) in [7, 11) is 0. The van der Waals surface area contributed by atoms with Crippen LogP contribution in [0.1, 0.15) is 30.5 Å². The van der Waals surface area contributed by atoms with Crippen LogP contribution in [-0.4, -0.2) is 11.8 Å². The third-order valence-electron chi connectivity index (χ3n) is 4.59. The molecule has 0 radical (unpaired) electrons. The molecule has 2 heterocycles. The molecule has 0 unspecified atom stereocenters. The number of rotatable bonds is 1. The number of benzene rings is 2. The topological polar surface area (TPSA) is 41.6 Å². The van der Waals surface area contributed by atoms with E-state index in [1.807, 2.05) is 31.2 Å². The lowest BCUT2D eigenvalue weighted by Crippen LogP contribution is -2.65. The van der Waals surface area contributed by atoms with Crippen molar-refractivity contribution in [3.63, 3.8) is 0 Å². The van der Waals surface area contributed by atoms with Crippen molar-refractivity contribution >= 4 is 11.7 Å². The van der Waals surface area contributed by atoms with Crippen molar-refractivity contribution in [2.45, 2.75) is 32.0 Å². The largest absolute Gasteiger partial charge is 0.467 e. The Labute approximate surface area is 133 Å². The number of carbonyl (C=O) groups excluding carboxylic acids is 1. The van der Waals surface area contributed by atoms with Crippen LogP contribution >= 0.6 is 0 Å². The monoisotopic (exact) mass is 312 g/mol. The molecular weight excluding hydrogens is 295 g/mol. The van der Waals surface area contributed by atoms with Crippen LogP contribution in [0.4, 0.5) is 14.9 Å². The van der Waals surface area contributed by atoms with E-state index >= 15 is 0 Å². The van der Waals surface area contributed by atoms with Crippen LogP contribution < -0.4 is 15.0 Å². The van der Waals surface area contributed by atoms with Gasteiger partial charge in [-0.05, 0) is 37.6 Å². The zero-order valence-corrected chi connectivity index (χ0v) is 13.0. The van der Waals surface area contributed by atoms with Crippen LogP contribution in [-0.2, 0) is 0 Å². The van der Waals surface area contributed by atoms with Crippen LogP contribution in [0.3, 0.4) is 0 Å². The van der Waals surface area contributed by atoms with Crippen LogP contribution in [0.15, 0.2) is 42.5 Å². The highest BCUT2D eigenvalue weighted by molar-refractivity contribution is 5.94. The van der Waals surface area contributed by atoms with Crippen molar-refractivity contribution in [3.8, 4) is 5.75 Å². The summed E-state index contributed by atoms with van der Waals surface area (Å²) in [6.07, 6.45) is 0.602. The van der Waals surface area contributed by atoms with E-state index in [0.717, 1.165) is 11.3 Å². The molecule has 2 atom stereocenters. The van der Waals surface area contributed by atoms with Gasteiger partial charge in [-0.1, -0.05) is 24.3 Å². The number of aryl methyl sites for hydroxylation is 1. The first-order valence-corrected chi connectivity index (χ1v) is 7.63. The van der Waals surface area contributed by atoms with E-state index in [0.29, 0.717) is 17.7 Å². The van der Waals surface area contributed by atoms with Gasteiger partial charge >= 0.3 is 6.03 Å². The number of urea groups is 1. The fourth-order valence-corrected chi connectivity index (χ4v) is 3.43. The maximum absolute atomic E-state index is 13.9. The summed E-state index contributed by atoms with van der Waals surface area (Å²) in [5.74, 6) is 0.418. The number of hydrogen-bond donors (Lipinski definition) is 1. The molecule has 0 spiro atoms. The number of amides is 2. The van der Waals surface area contributed by atoms with Crippen molar-refractivity contribution in [1.82, 2.24) is 5.32 Å². The molecule has 0 saturated carbocycles. The zero-order valence-electron chi connectivity index (χ0n) is 13.0. The van der Waals surface area contributed by atoms with Gasteiger partial charge in [0.1, 0.15) is 11.6 Å². The first-order chi connectivity index (χ1) is 11.0. The fraction of sp³-hybridized carbons (Fsp3) is 0.278. The van der Waals surface area contributed by atoms with Gasteiger partial charge in [-0.3, -0.25) is 4.90 Å². The fourth-order valence-electron chi connectivity index (χ4n) is 3.43. The lowest BCUT2D eigenvalue weighted by Gasteiger charge is -2.50. The molecule has 4 rings (SSSR count). The number of ether oxygens (including phenoxy) is 1. The second-order valence-corrected chi connectivity index (χ2v) is 6.29. The highest BCUT2D eigenvalue weighted by Gasteiger charge is 2.49. The number of anilines is 1. The Morgan fingerprint density at radius 2 is 2.09 bits per heavy atom. The molecule has 23 heavy (non-hydrogen) atoms. The summed E-state index contributed by atoms with van der Waals surface area (Å²) in [4.78, 5) is 14.1. The Morgan fingerprint density at radius 1 is 1.30 bits per heavy atom. The van der Waals surface area contributed by atoms with Gasteiger partial charge in [0.2, 0.25) is 0 Å². The minimum absolute atomic E-state index is 0.0935. The highest BCUT2D eigenvalue weighted by Crippen LogP contribution is 2.45. The Bertz CT molecular complexity index is 807. The standard InChI is InChI=1S/C18H17FN2O2/c1-11-7-8-12(9-14(11)19)21-17(22)20-15-10-18(21,2)23-16-6-4-3-5-13(15)16/h3-9,15H,10H2,1-2H3,(H,20,22)/t15-,18+/m0/s1. The average Bonchev–Trinajstić information content (AvgIpc) is 2.50. The van der Waals surface area contributed by atoms with E-state index in [1.165, 1.54) is 11.0 Å². The number of nitrogens with one attached hydrogen (secondary N) is 1. The molecule has 1 fully saturated rings. The van der Waals surface area contributed by atoms with Gasteiger partial charge in [-0.2, -0.15) is 0 Å². The molecule has 0 aromatic heterocycles. The SMILES string of the molecule is Cc1ccc(N2C(=O)N[C@H]3C[C@@]2(C)Oc2ccccc23)cc1F. The minimum atomic E-state index is -0.844. The molecule has 1 saturated heterocycles. The van der Waals surface area contributed by atoms with Crippen molar-refractivity contribution in [1.29, 1.82) is 0 Å². The van der Waals surface area contributed by atoms with Gasteiger partial charge in [0.15, 0.2) is 5.72 Å². The van der Waals surface area contributed by atoms with E-state index in [9.17, 15) is 9.18 Å². The molecule has 1 N–H and O–H groups in total. The van der Waals surface area contributed by atoms with Gasteiger partial charge in [0.25, 0.3) is 0 Å². The summed E-state index contributed by atoms with van der Waals surface area (Å²) >= 11 is 0. The molecule has 2 aliphatic heterocycles. The number of carbonyl (C=O) groups is 1.